The topological polar surface area (TPSA) is 68.3 Å². The highest BCUT2D eigenvalue weighted by Gasteiger charge is 2.26. The van der Waals surface area contributed by atoms with Crippen LogP contribution in [0.1, 0.15) is 27.7 Å². The summed E-state index contributed by atoms with van der Waals surface area (Å²) in [5, 5.41) is 3.74. The fourth-order valence-electron chi connectivity index (χ4n) is 3.09. The van der Waals surface area contributed by atoms with Crippen molar-refractivity contribution in [1.82, 2.24) is 4.98 Å². The van der Waals surface area contributed by atoms with Crippen LogP contribution in [-0.2, 0) is 9.53 Å². The van der Waals surface area contributed by atoms with Gasteiger partial charge in [0, 0.05) is 16.6 Å². The lowest BCUT2D eigenvalue weighted by molar-refractivity contribution is -0.125. The Hall–Kier alpha value is -3.99. The van der Waals surface area contributed by atoms with Gasteiger partial charge in [0.25, 0.3) is 5.91 Å². The van der Waals surface area contributed by atoms with Gasteiger partial charge in [-0.05, 0) is 31.2 Å². The number of carbonyl (C=O) groups excluding carboxylic acids is 2. The van der Waals surface area contributed by atoms with Crippen LogP contribution >= 0.6 is 0 Å². The summed E-state index contributed by atoms with van der Waals surface area (Å²) in [5.41, 5.74) is 3.13. The Morgan fingerprint density at radius 3 is 2.30 bits per heavy atom. The summed E-state index contributed by atoms with van der Waals surface area (Å²) in [6.07, 6.45) is -1.10. The van der Waals surface area contributed by atoms with Crippen molar-refractivity contribution in [3.05, 3.63) is 108 Å². The number of carbonyl (C=O) groups is 2. The summed E-state index contributed by atoms with van der Waals surface area (Å²) in [5.74, 6) is -1.09. The zero-order valence-electron chi connectivity index (χ0n) is 16.4. The molecule has 4 aromatic rings. The van der Waals surface area contributed by atoms with E-state index in [-0.39, 0.29) is 5.69 Å². The molecule has 0 bridgehead atoms. The number of anilines is 1. The Morgan fingerprint density at radius 1 is 0.833 bits per heavy atom. The lowest BCUT2D eigenvalue weighted by Gasteiger charge is -2.18. The highest BCUT2D eigenvalue weighted by Crippen LogP contribution is 2.22. The molecule has 1 aromatic heterocycles. The summed E-state index contributed by atoms with van der Waals surface area (Å²) >= 11 is 0. The number of hydrogen-bond donors (Lipinski definition) is 1. The van der Waals surface area contributed by atoms with Crippen molar-refractivity contribution in [2.24, 2.45) is 0 Å². The van der Waals surface area contributed by atoms with Crippen molar-refractivity contribution in [3.63, 3.8) is 0 Å². The summed E-state index contributed by atoms with van der Waals surface area (Å²) in [4.78, 5) is 30.1. The van der Waals surface area contributed by atoms with Gasteiger partial charge < -0.3 is 10.1 Å². The van der Waals surface area contributed by atoms with Crippen LogP contribution in [-0.4, -0.2) is 16.9 Å². The van der Waals surface area contributed by atoms with E-state index < -0.39 is 18.0 Å². The van der Waals surface area contributed by atoms with Crippen LogP contribution in [0.15, 0.2) is 91.0 Å². The molecular formula is C25H20N2O3. The van der Waals surface area contributed by atoms with E-state index in [4.69, 9.17) is 4.74 Å². The van der Waals surface area contributed by atoms with Crippen molar-refractivity contribution in [3.8, 4) is 0 Å². The Kier molecular flexibility index (Phi) is 5.52. The summed E-state index contributed by atoms with van der Waals surface area (Å²) in [7, 11) is 0. The molecule has 0 aliphatic carbocycles. The van der Waals surface area contributed by atoms with E-state index in [1.807, 2.05) is 67.6 Å². The van der Waals surface area contributed by atoms with Gasteiger partial charge in [-0.1, -0.05) is 72.3 Å². The van der Waals surface area contributed by atoms with E-state index in [1.165, 1.54) is 0 Å². The number of nitrogens with zero attached hydrogens (tertiary/aromatic N) is 1. The number of nitrogens with one attached hydrogen (secondary N) is 1. The van der Waals surface area contributed by atoms with Crippen molar-refractivity contribution < 1.29 is 14.3 Å². The number of fused-ring (bicyclic) bond motifs is 1. The van der Waals surface area contributed by atoms with Crippen molar-refractivity contribution in [1.29, 1.82) is 0 Å². The molecule has 4 rings (SSSR count). The molecule has 148 valence electrons. The van der Waals surface area contributed by atoms with Gasteiger partial charge in [-0.2, -0.15) is 0 Å². The molecule has 0 saturated carbocycles. The molecule has 5 nitrogen and oxygen atoms in total. The number of pyridine rings is 1. The molecule has 30 heavy (non-hydrogen) atoms. The van der Waals surface area contributed by atoms with Crippen molar-refractivity contribution >= 4 is 28.5 Å². The average Bonchev–Trinajstić information content (AvgIpc) is 2.79. The maximum absolute atomic E-state index is 13.0. The largest absolute Gasteiger partial charge is 0.443 e. The van der Waals surface area contributed by atoms with E-state index in [1.54, 1.807) is 30.3 Å². The standard InChI is InChI=1S/C25H20N2O3/c1-17-11-14-20(15-12-17)26-24(28)23(19-8-3-2-4-9-19)30-25(29)22-16-13-18-7-5-6-10-21(18)27-22/h2-16,23H,1H3,(H,26,28). The second kappa shape index (κ2) is 8.57. The number of ether oxygens (including phenoxy) is 1. The van der Waals surface area contributed by atoms with E-state index in [9.17, 15) is 9.59 Å². The number of benzene rings is 3. The molecule has 1 atom stereocenters. The molecule has 0 saturated heterocycles. The zero-order chi connectivity index (χ0) is 20.9. The molecule has 1 unspecified atom stereocenters. The normalized spacial score (nSPS) is 11.6. The average molecular weight is 396 g/mol. The molecule has 1 N–H and O–H groups in total. The highest BCUT2D eigenvalue weighted by atomic mass is 16.5. The number of hydrogen-bond acceptors (Lipinski definition) is 4. The van der Waals surface area contributed by atoms with Gasteiger partial charge in [0.2, 0.25) is 6.10 Å². The Labute approximate surface area is 174 Å². The van der Waals surface area contributed by atoms with Crippen LogP contribution in [0.4, 0.5) is 5.69 Å². The first kappa shape index (κ1) is 19.3. The predicted octanol–water partition coefficient (Wildman–Crippen LogP) is 5.08. The lowest BCUT2D eigenvalue weighted by atomic mass is 10.1. The predicted molar refractivity (Wildman–Crippen MR) is 116 cm³/mol. The van der Waals surface area contributed by atoms with E-state index in [2.05, 4.69) is 10.3 Å². The van der Waals surface area contributed by atoms with Crippen LogP contribution in [0.3, 0.4) is 0 Å². The summed E-state index contributed by atoms with van der Waals surface area (Å²) in [6.45, 7) is 1.97. The molecule has 0 radical (unpaired) electrons. The molecule has 0 aliphatic heterocycles. The number of para-hydroxylation sites is 1. The van der Waals surface area contributed by atoms with E-state index in [0.717, 1.165) is 10.9 Å². The van der Waals surface area contributed by atoms with Gasteiger partial charge in [-0.25, -0.2) is 9.78 Å². The Morgan fingerprint density at radius 2 is 1.53 bits per heavy atom. The van der Waals surface area contributed by atoms with Gasteiger partial charge in [0.15, 0.2) is 0 Å². The summed E-state index contributed by atoms with van der Waals surface area (Å²) in [6, 6.07) is 27.3. The van der Waals surface area contributed by atoms with Crippen LogP contribution in [0.5, 0.6) is 0 Å². The Balaban J connectivity index is 1.59. The third-order valence-electron chi connectivity index (χ3n) is 4.69. The fraction of sp³-hybridized carbons (Fsp3) is 0.0800. The van der Waals surface area contributed by atoms with Gasteiger partial charge >= 0.3 is 5.97 Å². The number of rotatable bonds is 5. The zero-order valence-corrected chi connectivity index (χ0v) is 16.4. The molecular weight excluding hydrogens is 376 g/mol. The minimum Gasteiger partial charge on any atom is -0.443 e. The minimum absolute atomic E-state index is 0.151. The smallest absolute Gasteiger partial charge is 0.358 e. The van der Waals surface area contributed by atoms with Gasteiger partial charge in [0.05, 0.1) is 5.52 Å². The maximum Gasteiger partial charge on any atom is 0.358 e. The second-order valence-electron chi connectivity index (χ2n) is 6.94. The first-order chi connectivity index (χ1) is 14.6. The van der Waals surface area contributed by atoms with Gasteiger partial charge in [0.1, 0.15) is 5.69 Å². The minimum atomic E-state index is -1.10. The number of aromatic nitrogens is 1. The van der Waals surface area contributed by atoms with Crippen LogP contribution in [0, 0.1) is 6.92 Å². The third-order valence-corrected chi connectivity index (χ3v) is 4.69. The van der Waals surface area contributed by atoms with Crippen LogP contribution < -0.4 is 5.32 Å². The number of amides is 1. The molecule has 0 aliphatic rings. The van der Waals surface area contributed by atoms with E-state index >= 15 is 0 Å². The third kappa shape index (κ3) is 4.36. The molecule has 0 fully saturated rings. The molecule has 1 heterocycles. The summed E-state index contributed by atoms with van der Waals surface area (Å²) < 4.78 is 5.62. The molecule has 1 amide bonds. The monoisotopic (exact) mass is 396 g/mol. The fourth-order valence-corrected chi connectivity index (χ4v) is 3.09. The van der Waals surface area contributed by atoms with Gasteiger partial charge in [-0.15, -0.1) is 0 Å². The van der Waals surface area contributed by atoms with Crippen LogP contribution in [0.2, 0.25) is 0 Å². The lowest BCUT2D eigenvalue weighted by Crippen LogP contribution is -2.26. The van der Waals surface area contributed by atoms with Crippen molar-refractivity contribution in [2.75, 3.05) is 5.32 Å². The molecule has 3 aromatic carbocycles. The van der Waals surface area contributed by atoms with Crippen LogP contribution in [0.25, 0.3) is 10.9 Å². The Bertz CT molecular complexity index is 1190. The van der Waals surface area contributed by atoms with Crippen molar-refractivity contribution in [2.45, 2.75) is 13.0 Å². The highest BCUT2D eigenvalue weighted by molar-refractivity contribution is 5.98. The van der Waals surface area contributed by atoms with E-state index in [0.29, 0.717) is 16.8 Å². The number of esters is 1. The number of aryl methyl sites for hydroxylation is 1. The SMILES string of the molecule is Cc1ccc(NC(=O)C(OC(=O)c2ccc3ccccc3n2)c2ccccc2)cc1. The first-order valence-electron chi connectivity index (χ1n) is 9.59. The second-order valence-corrected chi connectivity index (χ2v) is 6.94. The first-order valence-corrected chi connectivity index (χ1v) is 9.59. The molecule has 0 spiro atoms. The quantitative estimate of drug-likeness (QED) is 0.478. The maximum atomic E-state index is 13.0. The molecule has 5 heteroatoms. The van der Waals surface area contributed by atoms with Gasteiger partial charge in [-0.3, -0.25) is 4.79 Å².